The van der Waals surface area contributed by atoms with Crippen LogP contribution < -0.4 is 0 Å². The molecule has 0 amide bonds. The number of H-pyrrole nitrogens is 1. The van der Waals surface area contributed by atoms with Gasteiger partial charge in [0.2, 0.25) is 0 Å². The molecule has 0 aliphatic rings. The molecule has 0 spiro atoms. The van der Waals surface area contributed by atoms with Gasteiger partial charge < -0.3 is 9.26 Å². The largest absolute Gasteiger partial charge is 0.377 e. The molecule has 0 saturated carbocycles. The Hall–Kier alpha value is -1.99. The van der Waals surface area contributed by atoms with E-state index < -0.39 is 0 Å². The van der Waals surface area contributed by atoms with Crippen LogP contribution in [0.5, 0.6) is 0 Å². The molecule has 7 heteroatoms. The van der Waals surface area contributed by atoms with Crippen molar-refractivity contribution in [2.45, 2.75) is 6.61 Å². The molecule has 0 aliphatic carbocycles. The first kappa shape index (κ1) is 11.1. The molecule has 0 aromatic carbocycles. The molecule has 0 fully saturated rings. The third-order valence-electron chi connectivity index (χ3n) is 2.33. The van der Waals surface area contributed by atoms with E-state index in [0.717, 1.165) is 10.6 Å². The molecule has 0 saturated heterocycles. The number of rotatable bonds is 4. The maximum absolute atomic E-state index is 5.11. The molecule has 6 nitrogen and oxygen atoms in total. The van der Waals surface area contributed by atoms with Gasteiger partial charge >= 0.3 is 0 Å². The van der Waals surface area contributed by atoms with Crippen molar-refractivity contribution < 1.29 is 9.26 Å². The number of hydrogen-bond acceptors (Lipinski definition) is 6. The van der Waals surface area contributed by atoms with E-state index in [0.29, 0.717) is 24.0 Å². The first-order valence-electron chi connectivity index (χ1n) is 5.28. The molecule has 0 aliphatic heterocycles. The molecular formula is C11H10N4O2S. The molecule has 0 radical (unpaired) electrons. The molecule has 0 bridgehead atoms. The lowest BCUT2D eigenvalue weighted by atomic mass is 10.3. The number of methoxy groups -OCH3 is 1. The fourth-order valence-corrected chi connectivity index (χ4v) is 2.23. The SMILES string of the molecule is COCc1noc(-c2cc(-c3cccs3)[nH]n2)n1. The number of nitrogens with zero attached hydrogens (tertiary/aromatic N) is 3. The van der Waals surface area contributed by atoms with Crippen LogP contribution in [0.15, 0.2) is 28.1 Å². The van der Waals surface area contributed by atoms with E-state index in [4.69, 9.17) is 9.26 Å². The molecule has 3 heterocycles. The van der Waals surface area contributed by atoms with Gasteiger partial charge in [-0.2, -0.15) is 10.1 Å². The lowest BCUT2D eigenvalue weighted by Gasteiger charge is -1.86. The van der Waals surface area contributed by atoms with E-state index in [-0.39, 0.29) is 0 Å². The predicted octanol–water partition coefficient (Wildman–Crippen LogP) is 2.33. The highest BCUT2D eigenvalue weighted by Gasteiger charge is 2.13. The van der Waals surface area contributed by atoms with E-state index in [1.807, 2.05) is 23.6 Å². The summed E-state index contributed by atoms with van der Waals surface area (Å²) < 4.78 is 10.0. The van der Waals surface area contributed by atoms with Crippen LogP contribution >= 0.6 is 11.3 Å². The molecule has 1 N–H and O–H groups in total. The third kappa shape index (κ3) is 2.05. The zero-order valence-electron chi connectivity index (χ0n) is 9.58. The lowest BCUT2D eigenvalue weighted by Crippen LogP contribution is -1.89. The molecule has 3 aromatic rings. The summed E-state index contributed by atoms with van der Waals surface area (Å²) >= 11 is 1.64. The first-order valence-corrected chi connectivity index (χ1v) is 6.16. The number of thiophene rings is 1. The van der Waals surface area contributed by atoms with E-state index in [2.05, 4.69) is 20.3 Å². The van der Waals surface area contributed by atoms with Gasteiger partial charge in [-0.3, -0.25) is 5.10 Å². The minimum absolute atomic E-state index is 0.325. The van der Waals surface area contributed by atoms with Crippen molar-refractivity contribution in [2.24, 2.45) is 0 Å². The van der Waals surface area contributed by atoms with E-state index in [1.165, 1.54) is 0 Å². The molecular weight excluding hydrogens is 252 g/mol. The second kappa shape index (κ2) is 4.71. The van der Waals surface area contributed by atoms with Gasteiger partial charge in [-0.1, -0.05) is 11.2 Å². The zero-order chi connectivity index (χ0) is 12.4. The van der Waals surface area contributed by atoms with Crippen molar-refractivity contribution in [1.82, 2.24) is 20.3 Å². The lowest BCUT2D eigenvalue weighted by molar-refractivity contribution is 0.174. The molecule has 3 rings (SSSR count). The van der Waals surface area contributed by atoms with Crippen LogP contribution in [0.4, 0.5) is 0 Å². The molecule has 0 unspecified atom stereocenters. The minimum atomic E-state index is 0.325. The number of aromatic amines is 1. The monoisotopic (exact) mass is 262 g/mol. The highest BCUT2D eigenvalue weighted by molar-refractivity contribution is 7.13. The van der Waals surface area contributed by atoms with E-state index >= 15 is 0 Å². The third-order valence-corrected chi connectivity index (χ3v) is 3.23. The van der Waals surface area contributed by atoms with Gasteiger partial charge in [0, 0.05) is 7.11 Å². The Bertz CT molecular complexity index is 629. The van der Waals surface area contributed by atoms with Crippen LogP contribution in [0.25, 0.3) is 22.2 Å². The average Bonchev–Trinajstić information content (AvgIpc) is 3.10. The Labute approximate surface area is 107 Å². The summed E-state index contributed by atoms with van der Waals surface area (Å²) in [4.78, 5) is 5.30. The van der Waals surface area contributed by atoms with Crippen LogP contribution in [0.2, 0.25) is 0 Å². The van der Waals surface area contributed by atoms with Gasteiger partial charge in [-0.25, -0.2) is 0 Å². The van der Waals surface area contributed by atoms with Crippen LogP contribution in [0.3, 0.4) is 0 Å². The Balaban J connectivity index is 1.88. The normalized spacial score (nSPS) is 10.9. The van der Waals surface area contributed by atoms with E-state index in [9.17, 15) is 0 Å². The summed E-state index contributed by atoms with van der Waals surface area (Å²) in [5.74, 6) is 0.897. The van der Waals surface area contributed by atoms with Crippen molar-refractivity contribution in [3.8, 4) is 22.2 Å². The fraction of sp³-hybridized carbons (Fsp3) is 0.182. The van der Waals surface area contributed by atoms with Crippen molar-refractivity contribution in [2.75, 3.05) is 7.11 Å². The highest BCUT2D eigenvalue weighted by Crippen LogP contribution is 2.26. The summed E-state index contributed by atoms with van der Waals surface area (Å²) in [6.45, 7) is 0.325. The van der Waals surface area contributed by atoms with Gasteiger partial charge in [0.05, 0.1) is 10.6 Å². The van der Waals surface area contributed by atoms with Crippen LogP contribution in [0, 0.1) is 0 Å². The van der Waals surface area contributed by atoms with Crippen molar-refractivity contribution >= 4 is 11.3 Å². The number of aromatic nitrogens is 4. The molecule has 0 atom stereocenters. The number of nitrogens with one attached hydrogen (secondary N) is 1. The Morgan fingerprint density at radius 1 is 1.50 bits per heavy atom. The summed E-state index contributed by atoms with van der Waals surface area (Å²) in [6, 6.07) is 5.89. The summed E-state index contributed by atoms with van der Waals surface area (Å²) in [5, 5.41) is 12.9. The van der Waals surface area contributed by atoms with Gasteiger partial charge in [-0.05, 0) is 17.5 Å². The zero-order valence-corrected chi connectivity index (χ0v) is 10.4. The first-order chi connectivity index (χ1) is 8.86. The predicted molar refractivity (Wildman–Crippen MR) is 65.9 cm³/mol. The van der Waals surface area contributed by atoms with Crippen LogP contribution in [-0.4, -0.2) is 27.4 Å². The van der Waals surface area contributed by atoms with Crippen molar-refractivity contribution in [1.29, 1.82) is 0 Å². The summed E-state index contributed by atoms with van der Waals surface area (Å²) in [5.41, 5.74) is 1.57. The van der Waals surface area contributed by atoms with Crippen LogP contribution in [0.1, 0.15) is 5.82 Å². The Kier molecular flexibility index (Phi) is 2.91. The molecule has 92 valence electrons. The number of hydrogen-bond donors (Lipinski definition) is 1. The smallest absolute Gasteiger partial charge is 0.278 e. The Morgan fingerprint density at radius 3 is 3.22 bits per heavy atom. The topological polar surface area (TPSA) is 76.8 Å². The quantitative estimate of drug-likeness (QED) is 0.780. The number of ether oxygens (including phenoxy) is 1. The van der Waals surface area contributed by atoms with Crippen molar-refractivity contribution in [3.05, 3.63) is 29.4 Å². The van der Waals surface area contributed by atoms with E-state index in [1.54, 1.807) is 18.4 Å². The summed E-state index contributed by atoms with van der Waals surface area (Å²) in [6.07, 6.45) is 0. The van der Waals surface area contributed by atoms with Gasteiger partial charge in [0.1, 0.15) is 6.61 Å². The molecule has 18 heavy (non-hydrogen) atoms. The van der Waals surface area contributed by atoms with Gasteiger partial charge in [0.25, 0.3) is 5.89 Å². The van der Waals surface area contributed by atoms with Crippen molar-refractivity contribution in [3.63, 3.8) is 0 Å². The van der Waals surface area contributed by atoms with Gasteiger partial charge in [-0.15, -0.1) is 11.3 Å². The second-order valence-corrected chi connectivity index (χ2v) is 4.54. The summed E-state index contributed by atoms with van der Waals surface area (Å²) in [7, 11) is 1.58. The van der Waals surface area contributed by atoms with Crippen LogP contribution in [-0.2, 0) is 11.3 Å². The fourth-order valence-electron chi connectivity index (χ4n) is 1.54. The minimum Gasteiger partial charge on any atom is -0.377 e. The maximum Gasteiger partial charge on any atom is 0.278 e. The Morgan fingerprint density at radius 2 is 2.44 bits per heavy atom. The maximum atomic E-state index is 5.11. The standard InChI is InChI=1S/C11H10N4O2S/c1-16-6-10-12-11(17-15-10)8-5-7(13-14-8)9-3-2-4-18-9/h2-5H,6H2,1H3,(H,13,14). The average molecular weight is 262 g/mol. The van der Waals surface area contributed by atoms with Gasteiger partial charge in [0.15, 0.2) is 11.5 Å². The molecule has 3 aromatic heterocycles. The second-order valence-electron chi connectivity index (χ2n) is 3.59. The highest BCUT2D eigenvalue weighted by atomic mass is 32.1.